The number of nitrogens with zero attached hydrogens (tertiary/aromatic N) is 4. The average molecular weight is 509 g/mol. The van der Waals surface area contributed by atoms with Crippen molar-refractivity contribution in [3.8, 4) is 11.4 Å². The second kappa shape index (κ2) is 10.4. The molecule has 1 unspecified atom stereocenters. The summed E-state index contributed by atoms with van der Waals surface area (Å²) in [7, 11) is 1.61. The van der Waals surface area contributed by atoms with E-state index in [-0.39, 0.29) is 18.5 Å². The molecular formula is C28H30F2N4O3. The van der Waals surface area contributed by atoms with Crippen LogP contribution in [0.2, 0.25) is 0 Å². The number of methoxy groups -OCH3 is 1. The molecule has 2 aromatic carbocycles. The molecule has 194 valence electrons. The maximum Gasteiger partial charge on any atom is 0.250 e. The topological polar surface area (TPSA) is 70.8 Å². The number of amides is 1. The van der Waals surface area contributed by atoms with E-state index in [1.807, 2.05) is 42.0 Å². The summed E-state index contributed by atoms with van der Waals surface area (Å²) >= 11 is 0. The number of ether oxygens (including phenoxy) is 1. The largest absolute Gasteiger partial charge is 0.495 e. The lowest BCUT2D eigenvalue weighted by molar-refractivity contribution is -0.135. The summed E-state index contributed by atoms with van der Waals surface area (Å²) in [6, 6.07) is 9.18. The standard InChI is InChI=1S/C28H30F2N4O3/c1-18-15-33(17-31-18)24-8-6-19(14-26(24)37-2)12-21-4-3-10-34(27(21)35)25-9-11-32(28(25)36)16-20-5-7-22(29)23(30)13-20/h5-8,12-15,17,25,28,36H,3-4,9-11,16H2,1-2H3/t25-,28?/m1/s1. The first-order valence-electron chi connectivity index (χ1n) is 12.4. The third-order valence-corrected chi connectivity index (χ3v) is 7.12. The van der Waals surface area contributed by atoms with Crippen molar-refractivity contribution < 1.29 is 23.4 Å². The minimum Gasteiger partial charge on any atom is -0.495 e. The lowest BCUT2D eigenvalue weighted by Crippen LogP contribution is -2.50. The molecule has 37 heavy (non-hydrogen) atoms. The molecule has 2 saturated heterocycles. The van der Waals surface area contributed by atoms with Gasteiger partial charge >= 0.3 is 0 Å². The Bertz CT molecular complexity index is 1340. The van der Waals surface area contributed by atoms with Crippen molar-refractivity contribution in [2.45, 2.75) is 45.0 Å². The van der Waals surface area contributed by atoms with E-state index in [1.165, 1.54) is 6.07 Å². The first-order chi connectivity index (χ1) is 17.8. The Kier molecular flexibility index (Phi) is 7.08. The summed E-state index contributed by atoms with van der Waals surface area (Å²) in [5.41, 5.74) is 3.88. The first-order valence-corrected chi connectivity index (χ1v) is 12.4. The summed E-state index contributed by atoms with van der Waals surface area (Å²) in [6.45, 7) is 3.33. The van der Waals surface area contributed by atoms with Gasteiger partial charge in [0.15, 0.2) is 11.6 Å². The summed E-state index contributed by atoms with van der Waals surface area (Å²) in [5.74, 6) is -1.22. The van der Waals surface area contributed by atoms with Crippen molar-refractivity contribution in [3.63, 3.8) is 0 Å². The SMILES string of the molecule is COc1cc(C=C2CCCN([C@@H]3CCN(Cc4ccc(F)c(F)c4)C3O)C2=O)ccc1-n1cnc(C)c1. The highest BCUT2D eigenvalue weighted by Gasteiger charge is 2.40. The van der Waals surface area contributed by atoms with Crippen LogP contribution >= 0.6 is 0 Å². The summed E-state index contributed by atoms with van der Waals surface area (Å²) in [6.07, 6.45) is 6.72. The van der Waals surface area contributed by atoms with Gasteiger partial charge in [-0.05, 0) is 67.7 Å². The Morgan fingerprint density at radius 3 is 2.73 bits per heavy atom. The van der Waals surface area contributed by atoms with Crippen LogP contribution in [0.1, 0.15) is 36.1 Å². The van der Waals surface area contributed by atoms with E-state index >= 15 is 0 Å². The third-order valence-electron chi connectivity index (χ3n) is 7.12. The van der Waals surface area contributed by atoms with Crippen LogP contribution in [0.5, 0.6) is 5.75 Å². The number of hydrogen-bond acceptors (Lipinski definition) is 5. The number of carbonyl (C=O) groups excluding carboxylic acids is 1. The number of aryl methyl sites for hydroxylation is 1. The molecule has 0 aliphatic carbocycles. The van der Waals surface area contributed by atoms with Crippen LogP contribution < -0.4 is 4.74 Å². The smallest absolute Gasteiger partial charge is 0.250 e. The number of likely N-dealkylation sites (tertiary alicyclic amines) is 2. The predicted octanol–water partition coefficient (Wildman–Crippen LogP) is 4.07. The van der Waals surface area contributed by atoms with Gasteiger partial charge in [-0.15, -0.1) is 0 Å². The van der Waals surface area contributed by atoms with Gasteiger partial charge in [-0.1, -0.05) is 12.1 Å². The van der Waals surface area contributed by atoms with Gasteiger partial charge in [-0.3, -0.25) is 9.69 Å². The molecule has 7 nitrogen and oxygen atoms in total. The molecule has 0 radical (unpaired) electrons. The Morgan fingerprint density at radius 2 is 2.00 bits per heavy atom. The molecule has 5 rings (SSSR count). The number of aliphatic hydroxyl groups is 1. The van der Waals surface area contributed by atoms with Gasteiger partial charge in [0.05, 0.1) is 30.9 Å². The fourth-order valence-corrected chi connectivity index (χ4v) is 5.22. The number of benzene rings is 2. The highest BCUT2D eigenvalue weighted by Crippen LogP contribution is 2.31. The van der Waals surface area contributed by atoms with Crippen molar-refractivity contribution in [2.75, 3.05) is 20.2 Å². The van der Waals surface area contributed by atoms with Gasteiger partial charge in [0, 0.05) is 31.4 Å². The van der Waals surface area contributed by atoms with Crippen molar-refractivity contribution >= 4 is 12.0 Å². The fraction of sp³-hybridized carbons (Fsp3) is 0.357. The Balaban J connectivity index is 1.31. The zero-order valence-electron chi connectivity index (χ0n) is 20.9. The van der Waals surface area contributed by atoms with E-state index < -0.39 is 17.9 Å². The van der Waals surface area contributed by atoms with Crippen molar-refractivity contribution in [1.29, 1.82) is 0 Å². The van der Waals surface area contributed by atoms with E-state index in [4.69, 9.17) is 4.74 Å². The van der Waals surface area contributed by atoms with Crippen molar-refractivity contribution in [1.82, 2.24) is 19.4 Å². The third kappa shape index (κ3) is 5.14. The molecule has 2 aliphatic heterocycles. The highest BCUT2D eigenvalue weighted by molar-refractivity contribution is 5.98. The number of hydrogen-bond donors (Lipinski definition) is 1. The lowest BCUT2D eigenvalue weighted by atomic mass is 9.98. The van der Waals surface area contributed by atoms with Gasteiger partial charge < -0.3 is 19.3 Å². The number of halogens is 2. The van der Waals surface area contributed by atoms with Gasteiger partial charge in [-0.2, -0.15) is 0 Å². The maximum absolute atomic E-state index is 13.6. The van der Waals surface area contributed by atoms with E-state index in [0.29, 0.717) is 42.8 Å². The zero-order chi connectivity index (χ0) is 26.1. The van der Waals surface area contributed by atoms with Crippen LogP contribution in [-0.2, 0) is 11.3 Å². The van der Waals surface area contributed by atoms with E-state index in [0.717, 1.165) is 35.5 Å². The van der Waals surface area contributed by atoms with E-state index in [9.17, 15) is 18.7 Å². The number of imidazole rings is 1. The van der Waals surface area contributed by atoms with Crippen molar-refractivity contribution in [2.24, 2.45) is 0 Å². The molecule has 0 saturated carbocycles. The number of carbonyl (C=O) groups is 1. The number of aromatic nitrogens is 2. The molecule has 2 atom stereocenters. The van der Waals surface area contributed by atoms with Gasteiger partial charge in [0.1, 0.15) is 12.0 Å². The molecule has 0 spiro atoms. The summed E-state index contributed by atoms with van der Waals surface area (Å²) in [4.78, 5) is 21.3. The molecule has 2 aliphatic rings. The summed E-state index contributed by atoms with van der Waals surface area (Å²) < 4.78 is 34.4. The number of piperidine rings is 1. The first kappa shape index (κ1) is 25.1. The predicted molar refractivity (Wildman–Crippen MR) is 135 cm³/mol. The molecular weight excluding hydrogens is 478 g/mol. The minimum absolute atomic E-state index is 0.0849. The molecule has 3 heterocycles. The molecule has 0 bridgehead atoms. The Labute approximate surface area is 214 Å². The second-order valence-electron chi connectivity index (χ2n) is 9.61. The number of rotatable bonds is 6. The molecule has 1 aromatic heterocycles. The monoisotopic (exact) mass is 508 g/mol. The van der Waals surface area contributed by atoms with E-state index in [2.05, 4.69) is 4.98 Å². The average Bonchev–Trinajstić information content (AvgIpc) is 3.48. The van der Waals surface area contributed by atoms with Crippen LogP contribution in [0.25, 0.3) is 11.8 Å². The van der Waals surface area contributed by atoms with Crippen LogP contribution in [0.15, 0.2) is 54.5 Å². The quantitative estimate of drug-likeness (QED) is 0.509. The Morgan fingerprint density at radius 1 is 1.16 bits per heavy atom. The van der Waals surface area contributed by atoms with Crippen LogP contribution in [0.3, 0.4) is 0 Å². The molecule has 9 heteroatoms. The Hall–Kier alpha value is -3.56. The maximum atomic E-state index is 13.6. The summed E-state index contributed by atoms with van der Waals surface area (Å²) in [5, 5.41) is 11.0. The minimum atomic E-state index is -0.909. The molecule has 1 N–H and O–H groups in total. The molecule has 2 fully saturated rings. The zero-order valence-corrected chi connectivity index (χ0v) is 20.9. The van der Waals surface area contributed by atoms with Crippen LogP contribution in [-0.4, -0.2) is 62.8 Å². The molecule has 3 aromatic rings. The van der Waals surface area contributed by atoms with Gasteiger partial charge in [-0.25, -0.2) is 13.8 Å². The second-order valence-corrected chi connectivity index (χ2v) is 9.61. The normalized spacial score (nSPS) is 21.7. The van der Waals surface area contributed by atoms with Gasteiger partial charge in [0.25, 0.3) is 0 Å². The lowest BCUT2D eigenvalue weighted by Gasteiger charge is -2.36. The molecule has 1 amide bonds. The fourth-order valence-electron chi connectivity index (χ4n) is 5.22. The number of aliphatic hydroxyl groups excluding tert-OH is 1. The van der Waals surface area contributed by atoms with E-state index in [1.54, 1.807) is 23.2 Å². The highest BCUT2D eigenvalue weighted by atomic mass is 19.2. The van der Waals surface area contributed by atoms with Crippen LogP contribution in [0.4, 0.5) is 8.78 Å². The van der Waals surface area contributed by atoms with Crippen molar-refractivity contribution in [3.05, 3.63) is 83.0 Å². The van der Waals surface area contributed by atoms with Gasteiger partial charge in [0.2, 0.25) is 5.91 Å². The van der Waals surface area contributed by atoms with Crippen LogP contribution in [0, 0.1) is 18.6 Å².